The van der Waals surface area contributed by atoms with Gasteiger partial charge in [0.2, 0.25) is 0 Å². The molecule has 0 saturated carbocycles. The van der Waals surface area contributed by atoms with E-state index in [9.17, 15) is 0 Å². The number of hydrogen-bond donors (Lipinski definition) is 0. The van der Waals surface area contributed by atoms with Crippen molar-refractivity contribution < 1.29 is 4.74 Å². The Balaban J connectivity index is 0.000000379. The van der Waals surface area contributed by atoms with Gasteiger partial charge in [0.05, 0.1) is 6.61 Å². The largest absolute Gasteiger partial charge is 0.491 e. The second-order valence-corrected chi connectivity index (χ2v) is 2.62. The lowest BCUT2D eigenvalue weighted by molar-refractivity contribution is 0.357. The van der Waals surface area contributed by atoms with E-state index in [1.54, 1.807) is 12.4 Å². The fraction of sp³-hybridized carbons (Fsp3) is 0.545. The van der Waals surface area contributed by atoms with E-state index in [0.717, 1.165) is 24.3 Å². The molecule has 1 aromatic heterocycles. The molecule has 0 bridgehead atoms. The van der Waals surface area contributed by atoms with Gasteiger partial charge in [-0.2, -0.15) is 0 Å². The Hall–Kier alpha value is -0.760. The van der Waals surface area contributed by atoms with Gasteiger partial charge in [0, 0.05) is 24.4 Å². The van der Waals surface area contributed by atoms with Gasteiger partial charge >= 0.3 is 0 Å². The molecule has 0 atom stereocenters. The summed E-state index contributed by atoms with van der Waals surface area (Å²) in [6, 6.07) is 0. The molecule has 14 heavy (non-hydrogen) atoms. The number of hydrogen-bond acceptors (Lipinski definition) is 2. The molecule has 0 spiro atoms. The van der Waals surface area contributed by atoms with E-state index in [1.807, 2.05) is 27.7 Å². The second kappa shape index (κ2) is 7.63. The molecule has 0 saturated heterocycles. The van der Waals surface area contributed by atoms with Crippen LogP contribution in [-0.2, 0) is 6.42 Å². The third kappa shape index (κ3) is 3.18. The maximum absolute atomic E-state index is 5.78. The summed E-state index contributed by atoms with van der Waals surface area (Å²) in [5.41, 5.74) is 1.12. The molecule has 0 N–H and O–H groups in total. The Morgan fingerprint density at radius 1 is 1.21 bits per heavy atom. The van der Waals surface area contributed by atoms with Crippen molar-refractivity contribution in [1.82, 2.24) is 4.98 Å². The quantitative estimate of drug-likeness (QED) is 0.658. The van der Waals surface area contributed by atoms with Crippen molar-refractivity contribution in [2.24, 2.45) is 0 Å². The maximum atomic E-state index is 5.78. The monoisotopic (exact) mass is 215 g/mol. The summed E-state index contributed by atoms with van der Waals surface area (Å²) in [5, 5.41) is 0.620. The lowest BCUT2D eigenvalue weighted by Crippen LogP contribution is -1.86. The molecule has 3 heteroatoms. The van der Waals surface area contributed by atoms with E-state index in [2.05, 4.69) is 4.98 Å². The Bertz CT molecular complexity index is 263. The van der Waals surface area contributed by atoms with Crippen LogP contribution in [0.4, 0.5) is 0 Å². The molecule has 1 aliphatic rings. The summed E-state index contributed by atoms with van der Waals surface area (Å²) in [7, 11) is 0. The number of halogens is 1. The first-order valence-electron chi connectivity index (χ1n) is 5.13. The number of rotatable bonds is 0. The molecule has 0 aliphatic carbocycles. The van der Waals surface area contributed by atoms with Crippen LogP contribution in [0.3, 0.4) is 0 Å². The van der Waals surface area contributed by atoms with Crippen LogP contribution in [-0.4, -0.2) is 11.6 Å². The molecule has 2 heterocycles. The van der Waals surface area contributed by atoms with E-state index >= 15 is 0 Å². The normalized spacial score (nSPS) is 11.2. The minimum atomic E-state index is 0.620. The highest BCUT2D eigenvalue weighted by Gasteiger charge is 2.14. The molecule has 1 aliphatic heterocycles. The van der Waals surface area contributed by atoms with Gasteiger partial charge < -0.3 is 4.74 Å². The van der Waals surface area contributed by atoms with Gasteiger partial charge in [0.1, 0.15) is 10.8 Å². The number of pyridine rings is 1. The van der Waals surface area contributed by atoms with Crippen LogP contribution in [0.25, 0.3) is 0 Å². The minimum absolute atomic E-state index is 0.620. The molecule has 0 amide bonds. The highest BCUT2D eigenvalue weighted by Crippen LogP contribution is 2.31. The average molecular weight is 216 g/mol. The first-order chi connectivity index (χ1) is 6.88. The van der Waals surface area contributed by atoms with Crippen LogP contribution in [0.5, 0.6) is 5.75 Å². The molecule has 2 rings (SSSR count). The molecule has 0 unspecified atom stereocenters. The zero-order chi connectivity index (χ0) is 11.0. The van der Waals surface area contributed by atoms with Crippen molar-refractivity contribution in [1.29, 1.82) is 0 Å². The Labute approximate surface area is 91.3 Å². The second-order valence-electron chi connectivity index (χ2n) is 2.21. The molecular weight excluding hydrogens is 198 g/mol. The Kier molecular flexibility index (Phi) is 7.21. The van der Waals surface area contributed by atoms with Crippen LogP contribution in [0.1, 0.15) is 33.3 Å². The maximum Gasteiger partial charge on any atom is 0.144 e. The summed E-state index contributed by atoms with van der Waals surface area (Å²) in [6.45, 7) is 8.74. The minimum Gasteiger partial charge on any atom is -0.491 e. The van der Waals surface area contributed by atoms with Crippen LogP contribution in [0.2, 0.25) is 5.02 Å². The average Bonchev–Trinajstić information content (AvgIpc) is 2.73. The molecule has 1 aromatic rings. The smallest absolute Gasteiger partial charge is 0.144 e. The molecule has 2 nitrogen and oxygen atoms in total. The number of nitrogens with zero attached hydrogens (tertiary/aromatic N) is 1. The van der Waals surface area contributed by atoms with E-state index in [4.69, 9.17) is 16.3 Å². The summed E-state index contributed by atoms with van der Waals surface area (Å²) in [5.74, 6) is 0.816. The first-order valence-corrected chi connectivity index (χ1v) is 5.51. The molecule has 0 radical (unpaired) electrons. The van der Waals surface area contributed by atoms with Gasteiger partial charge in [-0.15, -0.1) is 0 Å². The van der Waals surface area contributed by atoms with Crippen molar-refractivity contribution in [3.63, 3.8) is 0 Å². The molecule has 0 aromatic carbocycles. The standard InChI is InChI=1S/C7H6ClNO.2C2H6/c8-6-4-9-3-5-1-2-10-7(5)6;2*1-2/h3-4H,1-2H2;2*1-2H3. The van der Waals surface area contributed by atoms with Gasteiger partial charge in [-0.25, -0.2) is 0 Å². The van der Waals surface area contributed by atoms with Crippen molar-refractivity contribution >= 4 is 11.6 Å². The van der Waals surface area contributed by atoms with Gasteiger partial charge in [0.15, 0.2) is 0 Å². The zero-order valence-electron chi connectivity index (χ0n) is 9.30. The van der Waals surface area contributed by atoms with Crippen LogP contribution >= 0.6 is 11.6 Å². The number of fused-ring (bicyclic) bond motifs is 1. The van der Waals surface area contributed by atoms with Crippen LogP contribution in [0, 0.1) is 0 Å². The van der Waals surface area contributed by atoms with E-state index in [1.165, 1.54) is 0 Å². The highest BCUT2D eigenvalue weighted by molar-refractivity contribution is 6.32. The molecular formula is C11H18ClNO. The van der Waals surface area contributed by atoms with Gasteiger partial charge in [-0.3, -0.25) is 4.98 Å². The lowest BCUT2D eigenvalue weighted by Gasteiger charge is -1.98. The van der Waals surface area contributed by atoms with E-state index in [0.29, 0.717) is 5.02 Å². The van der Waals surface area contributed by atoms with Gasteiger partial charge in [-0.1, -0.05) is 39.3 Å². The fourth-order valence-electron chi connectivity index (χ4n) is 1.07. The predicted octanol–water partition coefficient (Wildman–Crippen LogP) is 3.72. The topological polar surface area (TPSA) is 22.1 Å². The SMILES string of the molecule is CC.CC.Clc1cncc2c1OCC2. The van der Waals surface area contributed by atoms with Gasteiger partial charge in [0.25, 0.3) is 0 Å². The van der Waals surface area contributed by atoms with Crippen molar-refractivity contribution in [3.8, 4) is 5.75 Å². The number of ether oxygens (including phenoxy) is 1. The molecule has 0 fully saturated rings. The Morgan fingerprint density at radius 3 is 2.43 bits per heavy atom. The predicted molar refractivity (Wildman–Crippen MR) is 61.1 cm³/mol. The van der Waals surface area contributed by atoms with Gasteiger partial charge in [-0.05, 0) is 0 Å². The first kappa shape index (κ1) is 13.2. The van der Waals surface area contributed by atoms with E-state index in [-0.39, 0.29) is 0 Å². The third-order valence-electron chi connectivity index (χ3n) is 1.54. The van der Waals surface area contributed by atoms with E-state index < -0.39 is 0 Å². The number of aromatic nitrogens is 1. The summed E-state index contributed by atoms with van der Waals surface area (Å²) < 4.78 is 5.26. The Morgan fingerprint density at radius 2 is 1.86 bits per heavy atom. The van der Waals surface area contributed by atoms with Crippen molar-refractivity contribution in [2.45, 2.75) is 34.1 Å². The third-order valence-corrected chi connectivity index (χ3v) is 1.81. The summed E-state index contributed by atoms with van der Waals surface area (Å²) in [4.78, 5) is 3.94. The van der Waals surface area contributed by atoms with Crippen molar-refractivity contribution in [2.75, 3.05) is 6.61 Å². The van der Waals surface area contributed by atoms with Crippen molar-refractivity contribution in [3.05, 3.63) is 23.0 Å². The lowest BCUT2D eigenvalue weighted by atomic mass is 10.2. The van der Waals surface area contributed by atoms with Crippen LogP contribution in [0.15, 0.2) is 12.4 Å². The highest BCUT2D eigenvalue weighted by atomic mass is 35.5. The fourth-order valence-corrected chi connectivity index (χ4v) is 1.30. The zero-order valence-corrected chi connectivity index (χ0v) is 10.1. The molecule has 80 valence electrons. The van der Waals surface area contributed by atoms with Crippen LogP contribution < -0.4 is 4.74 Å². The summed E-state index contributed by atoms with van der Waals surface area (Å²) >= 11 is 5.78. The summed E-state index contributed by atoms with van der Waals surface area (Å²) in [6.07, 6.45) is 4.34.